The molecule has 1 aliphatic rings. The maximum absolute atomic E-state index is 6.09. The molecule has 1 atom stereocenters. The van der Waals surface area contributed by atoms with E-state index in [0.717, 1.165) is 25.2 Å². The molecule has 1 saturated heterocycles. The van der Waals surface area contributed by atoms with Gasteiger partial charge in [0.25, 0.3) is 0 Å². The second-order valence-corrected chi connectivity index (χ2v) is 4.74. The molecule has 0 radical (unpaired) electrons. The Labute approximate surface area is 103 Å². The molecule has 5 nitrogen and oxygen atoms in total. The molecule has 4 N–H and O–H groups in total. The maximum atomic E-state index is 6.09. The zero-order chi connectivity index (χ0) is 12.0. The normalized spacial score (nSPS) is 20.4. The van der Waals surface area contributed by atoms with Gasteiger partial charge in [0.1, 0.15) is 0 Å². The van der Waals surface area contributed by atoms with Crippen LogP contribution in [0.5, 0.6) is 0 Å². The van der Waals surface area contributed by atoms with Gasteiger partial charge >= 0.3 is 0 Å². The summed E-state index contributed by atoms with van der Waals surface area (Å²) in [6.07, 6.45) is 0.980. The highest BCUT2D eigenvalue weighted by molar-refractivity contribution is 6.36. The van der Waals surface area contributed by atoms with Crippen LogP contribution >= 0.6 is 11.6 Å². The van der Waals surface area contributed by atoms with E-state index in [-0.39, 0.29) is 6.04 Å². The van der Waals surface area contributed by atoms with Gasteiger partial charge in [0.15, 0.2) is 11.4 Å². The molecule has 17 heavy (non-hydrogen) atoms. The molecular weight excluding hydrogens is 240 g/mol. The average Bonchev–Trinajstić information content (AvgIpc) is 2.87. The number of aromatic nitrogens is 1. The SMILES string of the molecule is Nc1noc2c(N3CCC(N)C3)ccc(Cl)c12. The average molecular weight is 253 g/mol. The van der Waals surface area contributed by atoms with Gasteiger partial charge in [-0.05, 0) is 18.6 Å². The van der Waals surface area contributed by atoms with Crippen LogP contribution in [0.25, 0.3) is 11.0 Å². The molecule has 2 heterocycles. The summed E-state index contributed by atoms with van der Waals surface area (Å²) in [5.74, 6) is 0.329. The number of hydrogen-bond donors (Lipinski definition) is 2. The number of hydrogen-bond acceptors (Lipinski definition) is 5. The Balaban J connectivity index is 2.14. The molecule has 0 aliphatic carbocycles. The van der Waals surface area contributed by atoms with E-state index >= 15 is 0 Å². The summed E-state index contributed by atoms with van der Waals surface area (Å²) in [5.41, 5.74) is 13.2. The van der Waals surface area contributed by atoms with E-state index < -0.39 is 0 Å². The van der Waals surface area contributed by atoms with Gasteiger partial charge in [-0.15, -0.1) is 0 Å². The minimum Gasteiger partial charge on any atom is -0.380 e. The van der Waals surface area contributed by atoms with Crippen molar-refractivity contribution in [2.75, 3.05) is 23.7 Å². The van der Waals surface area contributed by atoms with Gasteiger partial charge < -0.3 is 20.9 Å². The lowest BCUT2D eigenvalue weighted by Crippen LogP contribution is -2.26. The van der Waals surface area contributed by atoms with Crippen molar-refractivity contribution in [1.29, 1.82) is 0 Å². The van der Waals surface area contributed by atoms with Crippen molar-refractivity contribution in [3.63, 3.8) is 0 Å². The van der Waals surface area contributed by atoms with Crippen molar-refractivity contribution < 1.29 is 4.52 Å². The van der Waals surface area contributed by atoms with E-state index in [1.54, 1.807) is 0 Å². The molecule has 6 heteroatoms. The summed E-state index contributed by atoms with van der Waals surface area (Å²) < 4.78 is 5.27. The number of benzene rings is 1. The van der Waals surface area contributed by atoms with Gasteiger partial charge in [0.2, 0.25) is 0 Å². The number of fused-ring (bicyclic) bond motifs is 1. The fourth-order valence-electron chi connectivity index (χ4n) is 2.27. The zero-order valence-electron chi connectivity index (χ0n) is 9.19. The largest absolute Gasteiger partial charge is 0.380 e. The molecule has 1 aromatic heterocycles. The van der Waals surface area contributed by atoms with Crippen LogP contribution in [-0.2, 0) is 0 Å². The first-order valence-electron chi connectivity index (χ1n) is 5.50. The number of nitrogen functional groups attached to an aromatic ring is 1. The van der Waals surface area contributed by atoms with Crippen LogP contribution in [0.3, 0.4) is 0 Å². The quantitative estimate of drug-likeness (QED) is 0.806. The monoisotopic (exact) mass is 252 g/mol. The Kier molecular flexibility index (Phi) is 2.38. The minimum atomic E-state index is 0.209. The van der Waals surface area contributed by atoms with E-state index in [9.17, 15) is 0 Å². The lowest BCUT2D eigenvalue weighted by Gasteiger charge is -2.17. The fraction of sp³-hybridized carbons (Fsp3) is 0.364. The van der Waals surface area contributed by atoms with E-state index in [1.165, 1.54) is 0 Å². The number of nitrogens with zero attached hydrogens (tertiary/aromatic N) is 2. The van der Waals surface area contributed by atoms with Crippen LogP contribution in [0.2, 0.25) is 5.02 Å². The number of rotatable bonds is 1. The van der Waals surface area contributed by atoms with Crippen LogP contribution in [0.4, 0.5) is 11.5 Å². The molecule has 1 aromatic carbocycles. The van der Waals surface area contributed by atoms with Crippen molar-refractivity contribution in [2.24, 2.45) is 5.73 Å². The van der Waals surface area contributed by atoms with Crippen molar-refractivity contribution in [3.8, 4) is 0 Å². The molecule has 0 saturated carbocycles. The van der Waals surface area contributed by atoms with Crippen molar-refractivity contribution in [1.82, 2.24) is 5.16 Å². The van der Waals surface area contributed by atoms with Crippen molar-refractivity contribution >= 4 is 34.1 Å². The summed E-state index contributed by atoms with van der Waals surface area (Å²) in [5, 5.41) is 5.01. The highest BCUT2D eigenvalue weighted by Crippen LogP contribution is 2.36. The van der Waals surface area contributed by atoms with Crippen LogP contribution in [-0.4, -0.2) is 24.3 Å². The van der Waals surface area contributed by atoms with Gasteiger partial charge in [-0.2, -0.15) is 0 Å². The fourth-order valence-corrected chi connectivity index (χ4v) is 2.52. The zero-order valence-corrected chi connectivity index (χ0v) is 9.94. The van der Waals surface area contributed by atoms with Gasteiger partial charge in [-0.1, -0.05) is 16.8 Å². The highest BCUT2D eigenvalue weighted by Gasteiger charge is 2.23. The molecule has 2 aromatic rings. The van der Waals surface area contributed by atoms with Gasteiger partial charge in [-0.25, -0.2) is 0 Å². The Hall–Kier alpha value is -1.46. The minimum absolute atomic E-state index is 0.209. The number of anilines is 2. The van der Waals surface area contributed by atoms with Crippen molar-refractivity contribution in [3.05, 3.63) is 17.2 Å². The summed E-state index contributed by atoms with van der Waals surface area (Å²) >= 11 is 6.09. The smallest absolute Gasteiger partial charge is 0.193 e. The lowest BCUT2D eigenvalue weighted by molar-refractivity contribution is 0.460. The summed E-state index contributed by atoms with van der Waals surface area (Å²) in [6.45, 7) is 1.73. The first kappa shape index (κ1) is 10.7. The highest BCUT2D eigenvalue weighted by atomic mass is 35.5. The summed E-state index contributed by atoms with van der Waals surface area (Å²) in [7, 11) is 0. The van der Waals surface area contributed by atoms with Gasteiger partial charge in [0, 0.05) is 19.1 Å². The first-order valence-corrected chi connectivity index (χ1v) is 5.88. The third-order valence-electron chi connectivity index (χ3n) is 3.14. The molecule has 0 spiro atoms. The third-order valence-corrected chi connectivity index (χ3v) is 3.46. The predicted octanol–water partition coefficient (Wildman–Crippen LogP) is 1.60. The molecule has 90 valence electrons. The summed E-state index contributed by atoms with van der Waals surface area (Å²) in [4.78, 5) is 2.17. The lowest BCUT2D eigenvalue weighted by atomic mass is 10.2. The van der Waals surface area contributed by atoms with E-state index in [4.69, 9.17) is 27.6 Å². The Morgan fingerprint density at radius 1 is 1.47 bits per heavy atom. The van der Waals surface area contributed by atoms with Gasteiger partial charge in [0.05, 0.1) is 16.1 Å². The topological polar surface area (TPSA) is 81.3 Å². The standard InChI is InChI=1S/C11H13ClN4O/c12-7-1-2-8(16-4-3-6(13)5-16)10-9(7)11(14)15-17-10/h1-2,6H,3-5,13H2,(H2,14,15). The molecular formula is C11H13ClN4O. The Morgan fingerprint density at radius 2 is 2.29 bits per heavy atom. The van der Waals surface area contributed by atoms with E-state index in [0.29, 0.717) is 21.8 Å². The predicted molar refractivity (Wildman–Crippen MR) is 68.2 cm³/mol. The first-order chi connectivity index (χ1) is 8.16. The molecule has 1 fully saturated rings. The maximum Gasteiger partial charge on any atom is 0.193 e. The van der Waals surface area contributed by atoms with Crippen LogP contribution in [0, 0.1) is 0 Å². The van der Waals surface area contributed by atoms with E-state index in [2.05, 4.69) is 10.1 Å². The second-order valence-electron chi connectivity index (χ2n) is 4.33. The van der Waals surface area contributed by atoms with Gasteiger partial charge in [-0.3, -0.25) is 0 Å². The Bertz CT molecular complexity index is 568. The third kappa shape index (κ3) is 1.62. The summed E-state index contributed by atoms with van der Waals surface area (Å²) in [6, 6.07) is 3.95. The molecule has 3 rings (SSSR count). The van der Waals surface area contributed by atoms with Crippen LogP contribution < -0.4 is 16.4 Å². The van der Waals surface area contributed by atoms with Crippen molar-refractivity contribution in [2.45, 2.75) is 12.5 Å². The van der Waals surface area contributed by atoms with E-state index in [1.807, 2.05) is 12.1 Å². The molecule has 0 bridgehead atoms. The number of halogens is 1. The molecule has 1 aliphatic heterocycles. The molecule has 0 amide bonds. The van der Waals surface area contributed by atoms with Crippen LogP contribution in [0.15, 0.2) is 16.7 Å². The Morgan fingerprint density at radius 3 is 3.00 bits per heavy atom. The van der Waals surface area contributed by atoms with Crippen LogP contribution in [0.1, 0.15) is 6.42 Å². The number of nitrogens with two attached hydrogens (primary N) is 2. The molecule has 1 unspecified atom stereocenters. The second kappa shape index (κ2) is 3.78.